The molecule has 0 saturated heterocycles. The third-order valence-corrected chi connectivity index (χ3v) is 5.82. The molecule has 3 aromatic rings. The largest absolute Gasteiger partial charge is 0.473 e. The number of nitrogens with two attached hydrogens (primary N) is 1. The molecule has 0 aliphatic heterocycles. The maximum Gasteiger partial charge on any atom is 0.236 e. The Hall–Kier alpha value is -1.77. The lowest BCUT2D eigenvalue weighted by Gasteiger charge is -2.26. The first-order valence-corrected chi connectivity index (χ1v) is 9.70. The van der Waals surface area contributed by atoms with Crippen LogP contribution in [0, 0.1) is 6.92 Å². The van der Waals surface area contributed by atoms with E-state index in [0.717, 1.165) is 46.6 Å². The summed E-state index contributed by atoms with van der Waals surface area (Å²) in [6, 6.07) is 4.28. The molecule has 4 rings (SSSR count). The molecule has 3 heterocycles. The Labute approximate surface area is 148 Å². The Morgan fingerprint density at radius 1 is 1.25 bits per heavy atom. The van der Waals surface area contributed by atoms with Crippen LogP contribution in [0.15, 0.2) is 17.5 Å². The lowest BCUT2D eigenvalue weighted by molar-refractivity contribution is 0.143. The van der Waals surface area contributed by atoms with Gasteiger partial charge in [-0.15, -0.1) is 11.3 Å². The number of hydrogen-bond donors (Lipinski definition) is 2. The summed E-state index contributed by atoms with van der Waals surface area (Å²) in [5.74, 6) is 1.21. The molecule has 1 aliphatic rings. The second kappa shape index (κ2) is 6.62. The zero-order chi connectivity index (χ0) is 16.5. The fourth-order valence-electron chi connectivity index (χ4n) is 2.87. The lowest BCUT2D eigenvalue weighted by Crippen LogP contribution is -2.31. The fourth-order valence-corrected chi connectivity index (χ4v) is 4.29. The number of thiophene rings is 1. The Kier molecular flexibility index (Phi) is 4.34. The summed E-state index contributed by atoms with van der Waals surface area (Å²) in [5.41, 5.74) is 7.87. The minimum Gasteiger partial charge on any atom is -0.473 e. The number of nitrogens with one attached hydrogen (secondary N) is 1. The highest BCUT2D eigenvalue weighted by atomic mass is 32.1. The van der Waals surface area contributed by atoms with Gasteiger partial charge in [0.15, 0.2) is 0 Å². The summed E-state index contributed by atoms with van der Waals surface area (Å²) in [4.78, 5) is 9.18. The van der Waals surface area contributed by atoms with Gasteiger partial charge in [-0.2, -0.15) is 9.36 Å². The average molecular weight is 361 g/mol. The molecule has 3 N–H and O–H groups in total. The Morgan fingerprint density at radius 2 is 2.08 bits per heavy atom. The maximum atomic E-state index is 6.21. The molecule has 3 aromatic heterocycles. The van der Waals surface area contributed by atoms with Crippen molar-refractivity contribution in [1.29, 1.82) is 0 Å². The van der Waals surface area contributed by atoms with Gasteiger partial charge in [-0.25, -0.2) is 4.98 Å². The SMILES string of the molecule is Cc1cc(Nc2nc(O[C@H]3CC[C@@H](N)CC3)c3sccc3n2)sn1. The van der Waals surface area contributed by atoms with Gasteiger partial charge in [0.2, 0.25) is 11.8 Å². The molecule has 6 nitrogen and oxygen atoms in total. The Morgan fingerprint density at radius 3 is 2.83 bits per heavy atom. The molecule has 0 aromatic carbocycles. The van der Waals surface area contributed by atoms with Gasteiger partial charge >= 0.3 is 0 Å². The number of aromatic nitrogens is 3. The van der Waals surface area contributed by atoms with Gasteiger partial charge in [-0.1, -0.05) is 0 Å². The van der Waals surface area contributed by atoms with Crippen molar-refractivity contribution in [2.24, 2.45) is 5.73 Å². The van der Waals surface area contributed by atoms with Crippen molar-refractivity contribution in [3.63, 3.8) is 0 Å². The number of aryl methyl sites for hydroxylation is 1. The zero-order valence-electron chi connectivity index (χ0n) is 13.4. The first-order chi connectivity index (χ1) is 11.7. The molecular weight excluding hydrogens is 342 g/mol. The first kappa shape index (κ1) is 15.7. The van der Waals surface area contributed by atoms with E-state index in [1.165, 1.54) is 11.5 Å². The highest BCUT2D eigenvalue weighted by Gasteiger charge is 2.22. The van der Waals surface area contributed by atoms with Gasteiger partial charge in [-0.05, 0) is 61.7 Å². The van der Waals surface area contributed by atoms with Crippen LogP contribution in [0.5, 0.6) is 5.88 Å². The Bertz CT molecular complexity index is 838. The van der Waals surface area contributed by atoms with Crippen LogP contribution in [0.25, 0.3) is 10.2 Å². The van der Waals surface area contributed by atoms with Crippen molar-refractivity contribution in [1.82, 2.24) is 14.3 Å². The van der Waals surface area contributed by atoms with E-state index in [1.54, 1.807) is 11.3 Å². The number of fused-ring (bicyclic) bond motifs is 1. The third-order valence-electron chi connectivity index (χ3n) is 4.13. The van der Waals surface area contributed by atoms with Gasteiger partial charge in [-0.3, -0.25) is 0 Å². The average Bonchev–Trinajstić information content (AvgIpc) is 3.19. The van der Waals surface area contributed by atoms with Crippen LogP contribution in [-0.4, -0.2) is 26.5 Å². The summed E-state index contributed by atoms with van der Waals surface area (Å²) in [6.07, 6.45) is 4.16. The molecule has 8 heteroatoms. The molecule has 0 radical (unpaired) electrons. The molecule has 1 saturated carbocycles. The molecule has 0 amide bonds. The third kappa shape index (κ3) is 3.35. The van der Waals surface area contributed by atoms with Crippen molar-refractivity contribution in [2.75, 3.05) is 5.32 Å². The van der Waals surface area contributed by atoms with Crippen molar-refractivity contribution in [3.05, 3.63) is 23.2 Å². The zero-order valence-corrected chi connectivity index (χ0v) is 15.0. The monoisotopic (exact) mass is 361 g/mol. The summed E-state index contributed by atoms with van der Waals surface area (Å²) in [5, 5.41) is 6.17. The van der Waals surface area contributed by atoms with E-state index in [4.69, 9.17) is 10.5 Å². The fraction of sp³-hybridized carbons (Fsp3) is 0.438. The number of nitrogens with zero attached hydrogens (tertiary/aromatic N) is 3. The Balaban J connectivity index is 1.60. The van der Waals surface area contributed by atoms with E-state index in [1.807, 2.05) is 24.4 Å². The van der Waals surface area contributed by atoms with Crippen LogP contribution in [-0.2, 0) is 0 Å². The summed E-state index contributed by atoms with van der Waals surface area (Å²) in [6.45, 7) is 1.97. The maximum absolute atomic E-state index is 6.21. The van der Waals surface area contributed by atoms with Crippen LogP contribution < -0.4 is 15.8 Å². The number of ether oxygens (including phenoxy) is 1. The standard InChI is InChI=1S/C16H19N5OS2/c1-9-8-13(24-21-9)19-16-18-12-6-7-23-14(12)15(20-16)22-11-4-2-10(17)3-5-11/h6-8,10-11H,2-5,17H2,1H3,(H,18,19,20)/t10-,11+. The second-order valence-corrected chi connectivity index (χ2v) is 7.82. The minimum absolute atomic E-state index is 0.184. The van der Waals surface area contributed by atoms with E-state index in [-0.39, 0.29) is 6.10 Å². The molecule has 0 atom stereocenters. The van der Waals surface area contributed by atoms with Crippen LogP contribution >= 0.6 is 22.9 Å². The lowest BCUT2D eigenvalue weighted by atomic mass is 9.94. The predicted molar refractivity (Wildman–Crippen MR) is 98.4 cm³/mol. The van der Waals surface area contributed by atoms with Crippen LogP contribution in [0.4, 0.5) is 10.9 Å². The van der Waals surface area contributed by atoms with E-state index in [0.29, 0.717) is 17.9 Å². The van der Waals surface area contributed by atoms with Crippen LogP contribution in [0.1, 0.15) is 31.4 Å². The van der Waals surface area contributed by atoms with Crippen molar-refractivity contribution in [2.45, 2.75) is 44.8 Å². The normalized spacial score (nSPS) is 21.1. The summed E-state index contributed by atoms with van der Waals surface area (Å²) in [7, 11) is 0. The molecule has 1 fully saturated rings. The van der Waals surface area contributed by atoms with Gasteiger partial charge in [0.25, 0.3) is 0 Å². The van der Waals surface area contributed by atoms with E-state index in [9.17, 15) is 0 Å². The predicted octanol–water partition coefficient (Wildman–Crippen LogP) is 3.85. The number of hydrogen-bond acceptors (Lipinski definition) is 8. The summed E-state index contributed by atoms with van der Waals surface area (Å²) >= 11 is 3.01. The van der Waals surface area contributed by atoms with Gasteiger partial charge in [0.1, 0.15) is 15.8 Å². The highest BCUT2D eigenvalue weighted by molar-refractivity contribution is 7.17. The minimum atomic E-state index is 0.184. The van der Waals surface area contributed by atoms with Crippen LogP contribution in [0.2, 0.25) is 0 Å². The molecule has 0 unspecified atom stereocenters. The van der Waals surface area contributed by atoms with Gasteiger partial charge in [0.05, 0.1) is 11.2 Å². The first-order valence-electron chi connectivity index (χ1n) is 8.05. The van der Waals surface area contributed by atoms with Crippen molar-refractivity contribution >= 4 is 44.0 Å². The van der Waals surface area contributed by atoms with Gasteiger partial charge in [0, 0.05) is 6.04 Å². The number of anilines is 2. The topological polar surface area (TPSA) is 86.0 Å². The van der Waals surface area contributed by atoms with E-state index >= 15 is 0 Å². The van der Waals surface area contributed by atoms with Gasteiger partial charge < -0.3 is 15.8 Å². The molecule has 126 valence electrons. The smallest absolute Gasteiger partial charge is 0.236 e. The van der Waals surface area contributed by atoms with Crippen molar-refractivity contribution < 1.29 is 4.74 Å². The molecule has 1 aliphatic carbocycles. The van der Waals surface area contributed by atoms with E-state index < -0.39 is 0 Å². The highest BCUT2D eigenvalue weighted by Crippen LogP contribution is 2.33. The molecule has 24 heavy (non-hydrogen) atoms. The second-order valence-electron chi connectivity index (χ2n) is 6.10. The summed E-state index contributed by atoms with van der Waals surface area (Å²) < 4.78 is 11.5. The molecular formula is C16H19N5OS2. The molecule has 0 spiro atoms. The van der Waals surface area contributed by atoms with Crippen molar-refractivity contribution in [3.8, 4) is 5.88 Å². The van der Waals surface area contributed by atoms with E-state index in [2.05, 4.69) is 19.7 Å². The molecule has 0 bridgehead atoms. The quantitative estimate of drug-likeness (QED) is 0.734. The van der Waals surface area contributed by atoms with Crippen LogP contribution in [0.3, 0.4) is 0 Å². The number of rotatable bonds is 4.